The van der Waals surface area contributed by atoms with Crippen molar-refractivity contribution in [2.75, 3.05) is 19.6 Å². The molecule has 2 nitrogen and oxygen atoms in total. The normalized spacial score (nSPS) is 24.8. The van der Waals surface area contributed by atoms with Gasteiger partial charge in [-0.15, -0.1) is 0 Å². The number of hydrogen-bond donors (Lipinski definition) is 1. The summed E-state index contributed by atoms with van der Waals surface area (Å²) < 4.78 is 0. The van der Waals surface area contributed by atoms with Gasteiger partial charge in [-0.25, -0.2) is 0 Å². The molecule has 0 aromatic carbocycles. The molecule has 1 atom stereocenters. The maximum atomic E-state index is 3.56. The summed E-state index contributed by atoms with van der Waals surface area (Å²) in [7, 11) is 0. The zero-order valence-corrected chi connectivity index (χ0v) is 11.1. The van der Waals surface area contributed by atoms with Crippen LogP contribution in [0.1, 0.15) is 47.5 Å². The molecule has 90 valence electrons. The molecule has 0 spiro atoms. The highest BCUT2D eigenvalue weighted by Crippen LogP contribution is 2.23. The Balaban J connectivity index is 2.44. The lowest BCUT2D eigenvalue weighted by Crippen LogP contribution is -2.54. The van der Waals surface area contributed by atoms with Gasteiger partial charge in [0.25, 0.3) is 0 Å². The molecule has 1 heterocycles. The molecule has 1 rings (SSSR count). The zero-order valence-electron chi connectivity index (χ0n) is 11.1. The van der Waals surface area contributed by atoms with Crippen LogP contribution in [0.3, 0.4) is 0 Å². The van der Waals surface area contributed by atoms with Crippen molar-refractivity contribution in [3.05, 3.63) is 0 Å². The van der Waals surface area contributed by atoms with E-state index in [-0.39, 0.29) is 0 Å². The van der Waals surface area contributed by atoms with Crippen molar-refractivity contribution in [2.45, 2.75) is 59.0 Å². The summed E-state index contributed by atoms with van der Waals surface area (Å²) in [5, 5.41) is 3.56. The van der Waals surface area contributed by atoms with E-state index in [0.29, 0.717) is 11.6 Å². The van der Waals surface area contributed by atoms with E-state index in [0.717, 1.165) is 12.5 Å². The van der Waals surface area contributed by atoms with Crippen LogP contribution in [0.2, 0.25) is 0 Å². The molecule has 0 aliphatic carbocycles. The van der Waals surface area contributed by atoms with E-state index >= 15 is 0 Å². The van der Waals surface area contributed by atoms with Gasteiger partial charge < -0.3 is 5.32 Å². The fourth-order valence-corrected chi connectivity index (χ4v) is 2.30. The highest BCUT2D eigenvalue weighted by molar-refractivity contribution is 4.87. The molecule has 1 fully saturated rings. The van der Waals surface area contributed by atoms with E-state index in [1.54, 1.807) is 0 Å². The summed E-state index contributed by atoms with van der Waals surface area (Å²) in [4.78, 5) is 2.65. The first-order chi connectivity index (χ1) is 6.92. The number of likely N-dealkylation sites (tertiary alicyclic amines) is 1. The van der Waals surface area contributed by atoms with Gasteiger partial charge in [-0.3, -0.25) is 4.90 Å². The number of nitrogens with zero attached hydrogens (tertiary/aromatic N) is 1. The van der Waals surface area contributed by atoms with Crippen molar-refractivity contribution in [3.8, 4) is 0 Å². The first kappa shape index (κ1) is 13.0. The minimum Gasteiger partial charge on any atom is -0.313 e. The Morgan fingerprint density at radius 3 is 2.60 bits per heavy atom. The second-order valence-corrected chi connectivity index (χ2v) is 6.04. The van der Waals surface area contributed by atoms with Crippen LogP contribution >= 0.6 is 0 Å². The van der Waals surface area contributed by atoms with Crippen molar-refractivity contribution >= 4 is 0 Å². The molecule has 1 unspecified atom stereocenters. The van der Waals surface area contributed by atoms with Gasteiger partial charge >= 0.3 is 0 Å². The molecule has 1 saturated heterocycles. The number of rotatable bonds is 4. The molecule has 0 bridgehead atoms. The fourth-order valence-electron chi connectivity index (χ4n) is 2.30. The lowest BCUT2D eigenvalue weighted by atomic mass is 9.93. The lowest BCUT2D eigenvalue weighted by molar-refractivity contribution is 0.0695. The van der Waals surface area contributed by atoms with Crippen LogP contribution in [0.15, 0.2) is 0 Å². The van der Waals surface area contributed by atoms with E-state index in [1.807, 2.05) is 0 Å². The Morgan fingerprint density at radius 2 is 2.07 bits per heavy atom. The largest absolute Gasteiger partial charge is 0.313 e. The summed E-state index contributed by atoms with van der Waals surface area (Å²) in [5.41, 5.74) is 0.305. The standard InChI is InChI=1S/C13H28N2/c1-11(2)14-10-13(4,5)15-8-6-7-12(3)9-15/h11-12,14H,6-10H2,1-5H3. The van der Waals surface area contributed by atoms with Crippen molar-refractivity contribution in [1.82, 2.24) is 10.2 Å². The maximum Gasteiger partial charge on any atom is 0.0277 e. The fraction of sp³-hybridized carbons (Fsp3) is 1.00. The molecular formula is C13H28N2. The van der Waals surface area contributed by atoms with Gasteiger partial charge in [-0.05, 0) is 39.2 Å². The molecule has 1 aliphatic rings. The Bertz CT molecular complexity index is 187. The predicted molar refractivity (Wildman–Crippen MR) is 67.2 cm³/mol. The van der Waals surface area contributed by atoms with E-state index < -0.39 is 0 Å². The van der Waals surface area contributed by atoms with Crippen molar-refractivity contribution in [3.63, 3.8) is 0 Å². The minimum absolute atomic E-state index is 0.305. The molecule has 0 radical (unpaired) electrons. The highest BCUT2D eigenvalue weighted by Gasteiger charge is 2.29. The molecule has 1 N–H and O–H groups in total. The van der Waals surface area contributed by atoms with Gasteiger partial charge in [-0.2, -0.15) is 0 Å². The molecule has 0 amide bonds. The van der Waals surface area contributed by atoms with Crippen molar-refractivity contribution in [1.29, 1.82) is 0 Å². The molecule has 15 heavy (non-hydrogen) atoms. The summed E-state index contributed by atoms with van der Waals surface area (Å²) >= 11 is 0. The average molecular weight is 212 g/mol. The number of nitrogens with one attached hydrogen (secondary N) is 1. The minimum atomic E-state index is 0.305. The lowest BCUT2D eigenvalue weighted by Gasteiger charge is -2.43. The summed E-state index contributed by atoms with van der Waals surface area (Å²) in [6, 6.07) is 0.589. The van der Waals surface area contributed by atoms with Gasteiger partial charge in [0.15, 0.2) is 0 Å². The second-order valence-electron chi connectivity index (χ2n) is 6.04. The SMILES string of the molecule is CC1CCCN(C(C)(C)CNC(C)C)C1. The molecular weight excluding hydrogens is 184 g/mol. The zero-order chi connectivity index (χ0) is 11.5. The molecule has 0 saturated carbocycles. The number of hydrogen-bond acceptors (Lipinski definition) is 2. The summed E-state index contributed by atoms with van der Waals surface area (Å²) in [6.07, 6.45) is 2.77. The van der Waals surface area contributed by atoms with E-state index in [9.17, 15) is 0 Å². The highest BCUT2D eigenvalue weighted by atomic mass is 15.2. The Morgan fingerprint density at radius 1 is 1.40 bits per heavy atom. The number of piperidine rings is 1. The first-order valence-electron chi connectivity index (χ1n) is 6.40. The van der Waals surface area contributed by atoms with Gasteiger partial charge in [-0.1, -0.05) is 20.8 Å². The third-order valence-electron chi connectivity index (χ3n) is 3.46. The van der Waals surface area contributed by atoms with Gasteiger partial charge in [0.2, 0.25) is 0 Å². The topological polar surface area (TPSA) is 15.3 Å². The Kier molecular flexibility index (Phi) is 4.60. The summed E-state index contributed by atoms with van der Waals surface area (Å²) in [5.74, 6) is 0.872. The van der Waals surface area contributed by atoms with Crippen molar-refractivity contribution in [2.24, 2.45) is 5.92 Å². The van der Waals surface area contributed by atoms with Crippen LogP contribution in [-0.2, 0) is 0 Å². The molecule has 0 aromatic heterocycles. The third kappa shape index (κ3) is 4.12. The Labute approximate surface area is 95.4 Å². The van der Waals surface area contributed by atoms with E-state index in [2.05, 4.69) is 44.8 Å². The smallest absolute Gasteiger partial charge is 0.0277 e. The molecule has 1 aliphatic heterocycles. The Hall–Kier alpha value is -0.0800. The van der Waals surface area contributed by atoms with Gasteiger partial charge in [0.05, 0.1) is 0 Å². The van der Waals surface area contributed by atoms with Crippen LogP contribution in [-0.4, -0.2) is 36.1 Å². The van der Waals surface area contributed by atoms with Gasteiger partial charge in [0, 0.05) is 24.7 Å². The first-order valence-corrected chi connectivity index (χ1v) is 6.40. The average Bonchev–Trinajstić information content (AvgIpc) is 2.15. The monoisotopic (exact) mass is 212 g/mol. The van der Waals surface area contributed by atoms with Gasteiger partial charge in [0.1, 0.15) is 0 Å². The quantitative estimate of drug-likeness (QED) is 0.770. The van der Waals surface area contributed by atoms with Crippen LogP contribution in [0, 0.1) is 5.92 Å². The van der Waals surface area contributed by atoms with E-state index in [4.69, 9.17) is 0 Å². The van der Waals surface area contributed by atoms with E-state index in [1.165, 1.54) is 25.9 Å². The third-order valence-corrected chi connectivity index (χ3v) is 3.46. The maximum absolute atomic E-state index is 3.56. The van der Waals surface area contributed by atoms with Crippen LogP contribution in [0.25, 0.3) is 0 Å². The van der Waals surface area contributed by atoms with Crippen LogP contribution < -0.4 is 5.32 Å². The molecule has 0 aromatic rings. The second kappa shape index (κ2) is 5.31. The summed E-state index contributed by atoms with van der Waals surface area (Å²) in [6.45, 7) is 15.2. The van der Waals surface area contributed by atoms with Crippen LogP contribution in [0.4, 0.5) is 0 Å². The predicted octanol–water partition coefficient (Wildman–Crippen LogP) is 2.49. The van der Waals surface area contributed by atoms with Crippen molar-refractivity contribution < 1.29 is 0 Å². The van der Waals surface area contributed by atoms with Crippen LogP contribution in [0.5, 0.6) is 0 Å². The molecule has 2 heteroatoms.